The number of aromatic nitrogens is 1. The number of hydrogen-bond acceptors (Lipinski definition) is 4. The first kappa shape index (κ1) is 20.3. The Kier molecular flexibility index (Phi) is 5.59. The van der Waals surface area contributed by atoms with Gasteiger partial charge >= 0.3 is 0 Å². The molecule has 2 N–H and O–H groups in total. The second kappa shape index (κ2) is 8.52. The average Bonchev–Trinajstić information content (AvgIpc) is 3.33. The van der Waals surface area contributed by atoms with Crippen LogP contribution >= 0.6 is 11.3 Å². The molecule has 3 aromatic rings. The first-order chi connectivity index (χ1) is 15.1. The molecule has 2 amide bonds. The summed E-state index contributed by atoms with van der Waals surface area (Å²) in [6.07, 6.45) is 6.72. The molecule has 1 aromatic heterocycles. The largest absolute Gasteiger partial charge is 0.335 e. The van der Waals surface area contributed by atoms with Gasteiger partial charge in [0.2, 0.25) is 5.91 Å². The van der Waals surface area contributed by atoms with E-state index in [1.54, 1.807) is 11.3 Å². The Bertz CT molecular complexity index is 1120. The minimum atomic E-state index is -0.276. The second-order valence-electron chi connectivity index (χ2n) is 8.89. The molecule has 1 aliphatic heterocycles. The fraction of sp³-hybridized carbons (Fsp3) is 0.400. The van der Waals surface area contributed by atoms with Gasteiger partial charge in [-0.05, 0) is 61.7 Å². The van der Waals surface area contributed by atoms with Crippen molar-refractivity contribution in [3.63, 3.8) is 0 Å². The number of hydrogen-bond donors (Lipinski definition) is 1. The van der Waals surface area contributed by atoms with Gasteiger partial charge in [-0.3, -0.25) is 9.59 Å². The average molecular weight is 435 g/mol. The third-order valence-corrected chi connectivity index (χ3v) is 7.64. The van der Waals surface area contributed by atoms with Crippen molar-refractivity contribution in [3.8, 4) is 10.6 Å². The molecule has 2 aromatic carbocycles. The molecule has 2 fully saturated rings. The highest BCUT2D eigenvalue weighted by molar-refractivity contribution is 7.21. The Morgan fingerprint density at radius 1 is 1.06 bits per heavy atom. The van der Waals surface area contributed by atoms with E-state index < -0.39 is 0 Å². The van der Waals surface area contributed by atoms with Gasteiger partial charge in [0.15, 0.2) is 6.04 Å². The van der Waals surface area contributed by atoms with Crippen LogP contribution in [0.15, 0.2) is 42.5 Å². The number of imide groups is 1. The molecule has 2 heterocycles. The summed E-state index contributed by atoms with van der Waals surface area (Å²) < 4.78 is 1.17. The number of fused-ring (bicyclic) bond motifs is 1. The van der Waals surface area contributed by atoms with Crippen molar-refractivity contribution in [1.29, 1.82) is 0 Å². The van der Waals surface area contributed by atoms with Crippen LogP contribution in [0.25, 0.3) is 20.8 Å². The number of carbonyl (C=O) groups is 2. The summed E-state index contributed by atoms with van der Waals surface area (Å²) in [6, 6.07) is 13.6. The molecule has 160 valence electrons. The van der Waals surface area contributed by atoms with Crippen molar-refractivity contribution in [1.82, 2.24) is 4.98 Å². The number of nitrogens with zero attached hydrogens (tertiary/aromatic N) is 2. The number of rotatable bonds is 5. The SMILES string of the molecule is Cc1ccc2nc(-c3ccc(N4C(=O)C[C@H]([NH2+]CC5CCCCC5)C4=O)cc3)sc2c1. The van der Waals surface area contributed by atoms with Gasteiger partial charge in [0.1, 0.15) is 5.01 Å². The Morgan fingerprint density at radius 2 is 1.84 bits per heavy atom. The summed E-state index contributed by atoms with van der Waals surface area (Å²) in [5, 5.41) is 3.05. The lowest BCUT2D eigenvalue weighted by Gasteiger charge is -2.21. The number of anilines is 1. The van der Waals surface area contributed by atoms with Gasteiger partial charge in [0, 0.05) is 11.5 Å². The van der Waals surface area contributed by atoms with E-state index in [0.717, 1.165) is 22.6 Å². The van der Waals surface area contributed by atoms with Crippen LogP contribution < -0.4 is 10.2 Å². The molecule has 5 rings (SSSR count). The van der Waals surface area contributed by atoms with E-state index in [0.29, 0.717) is 18.0 Å². The maximum Gasteiger partial charge on any atom is 0.292 e. The Hall–Kier alpha value is -2.57. The summed E-state index contributed by atoms with van der Waals surface area (Å²) in [4.78, 5) is 31.7. The molecule has 2 aliphatic rings. The van der Waals surface area contributed by atoms with Gasteiger partial charge in [0.25, 0.3) is 5.91 Å². The first-order valence-electron chi connectivity index (χ1n) is 11.3. The minimum Gasteiger partial charge on any atom is -0.335 e. The lowest BCUT2D eigenvalue weighted by molar-refractivity contribution is -0.680. The lowest BCUT2D eigenvalue weighted by atomic mass is 9.89. The molecule has 5 nitrogen and oxygen atoms in total. The third-order valence-electron chi connectivity index (χ3n) is 6.58. The topological polar surface area (TPSA) is 66.9 Å². The maximum absolute atomic E-state index is 13.0. The molecule has 6 heteroatoms. The molecule has 1 aliphatic carbocycles. The Morgan fingerprint density at radius 3 is 2.61 bits per heavy atom. The van der Waals surface area contributed by atoms with Gasteiger partial charge < -0.3 is 5.32 Å². The van der Waals surface area contributed by atoms with Crippen LogP contribution in [0.1, 0.15) is 44.1 Å². The van der Waals surface area contributed by atoms with Crippen LogP contribution in [0.4, 0.5) is 5.69 Å². The number of quaternary nitrogens is 1. The van der Waals surface area contributed by atoms with Crippen molar-refractivity contribution in [3.05, 3.63) is 48.0 Å². The summed E-state index contributed by atoms with van der Waals surface area (Å²) in [5.74, 6) is 0.504. The standard InChI is InChI=1S/C25H27N3O2S/c1-16-7-12-20-22(13-16)31-24(27-20)18-8-10-19(11-9-18)28-23(29)14-21(25(28)30)26-15-17-5-3-2-4-6-17/h7-13,17,21,26H,2-6,14-15H2,1H3/p+1/t21-/m0/s1. The summed E-state index contributed by atoms with van der Waals surface area (Å²) in [6.45, 7) is 3.03. The molecule has 0 bridgehead atoms. The summed E-state index contributed by atoms with van der Waals surface area (Å²) in [7, 11) is 0. The fourth-order valence-electron chi connectivity index (χ4n) is 4.80. The van der Waals surface area contributed by atoms with Crippen LogP contribution in [0.2, 0.25) is 0 Å². The molecule has 1 saturated heterocycles. The molecular formula is C25H28N3O2S+. The highest BCUT2D eigenvalue weighted by Crippen LogP contribution is 2.32. The monoisotopic (exact) mass is 434 g/mol. The third kappa shape index (κ3) is 4.14. The Balaban J connectivity index is 1.29. The predicted octanol–water partition coefficient (Wildman–Crippen LogP) is 4.05. The molecular weight excluding hydrogens is 406 g/mol. The van der Waals surface area contributed by atoms with Gasteiger partial charge in [-0.25, -0.2) is 9.88 Å². The number of nitrogens with two attached hydrogens (primary N) is 1. The normalized spacial score (nSPS) is 20.2. The zero-order valence-electron chi connectivity index (χ0n) is 17.8. The van der Waals surface area contributed by atoms with E-state index in [-0.39, 0.29) is 17.9 Å². The predicted molar refractivity (Wildman–Crippen MR) is 124 cm³/mol. The summed E-state index contributed by atoms with van der Waals surface area (Å²) >= 11 is 1.66. The van der Waals surface area contributed by atoms with Gasteiger partial charge in [-0.1, -0.05) is 25.3 Å². The van der Waals surface area contributed by atoms with Crippen molar-refractivity contribution < 1.29 is 14.9 Å². The van der Waals surface area contributed by atoms with E-state index >= 15 is 0 Å². The molecule has 0 radical (unpaired) electrons. The van der Waals surface area contributed by atoms with Crippen molar-refractivity contribution >= 4 is 39.1 Å². The maximum atomic E-state index is 13.0. The van der Waals surface area contributed by atoms with Crippen molar-refractivity contribution in [2.75, 3.05) is 11.4 Å². The smallest absolute Gasteiger partial charge is 0.292 e. The number of thiazole rings is 1. The van der Waals surface area contributed by atoms with Gasteiger partial charge in [-0.2, -0.15) is 0 Å². The fourth-order valence-corrected chi connectivity index (χ4v) is 5.87. The van der Waals surface area contributed by atoms with Crippen LogP contribution in [-0.2, 0) is 9.59 Å². The molecule has 31 heavy (non-hydrogen) atoms. The second-order valence-corrected chi connectivity index (χ2v) is 9.92. The first-order valence-corrected chi connectivity index (χ1v) is 12.1. The van der Waals surface area contributed by atoms with Crippen LogP contribution in [-0.4, -0.2) is 29.4 Å². The molecule has 1 saturated carbocycles. The molecule has 1 atom stereocenters. The van der Waals surface area contributed by atoms with Gasteiger partial charge in [0.05, 0.1) is 28.9 Å². The highest BCUT2D eigenvalue weighted by atomic mass is 32.1. The molecule has 0 spiro atoms. The minimum absolute atomic E-state index is 0.0796. The van der Waals surface area contributed by atoms with Crippen LogP contribution in [0.3, 0.4) is 0 Å². The van der Waals surface area contributed by atoms with Crippen LogP contribution in [0, 0.1) is 12.8 Å². The number of carbonyl (C=O) groups excluding carboxylic acids is 2. The zero-order valence-corrected chi connectivity index (χ0v) is 18.7. The van der Waals surface area contributed by atoms with E-state index in [1.807, 2.05) is 30.3 Å². The summed E-state index contributed by atoms with van der Waals surface area (Å²) in [5.41, 5.74) is 3.88. The Labute approximate surface area is 186 Å². The van der Waals surface area contributed by atoms with Crippen molar-refractivity contribution in [2.24, 2.45) is 5.92 Å². The zero-order chi connectivity index (χ0) is 21.4. The van der Waals surface area contributed by atoms with E-state index in [4.69, 9.17) is 4.98 Å². The lowest BCUT2D eigenvalue weighted by Crippen LogP contribution is -2.92. The quantitative estimate of drug-likeness (QED) is 0.616. The number of aryl methyl sites for hydroxylation is 1. The van der Waals surface area contributed by atoms with Crippen LogP contribution in [0.5, 0.6) is 0 Å². The number of amides is 2. The van der Waals surface area contributed by atoms with E-state index in [2.05, 4.69) is 24.4 Å². The van der Waals surface area contributed by atoms with E-state index in [9.17, 15) is 9.59 Å². The highest BCUT2D eigenvalue weighted by Gasteiger charge is 2.42. The van der Waals surface area contributed by atoms with Gasteiger partial charge in [-0.15, -0.1) is 11.3 Å². The molecule has 0 unspecified atom stereocenters. The number of benzene rings is 2. The van der Waals surface area contributed by atoms with Crippen molar-refractivity contribution in [2.45, 2.75) is 51.5 Å². The van der Waals surface area contributed by atoms with E-state index in [1.165, 1.54) is 47.3 Å².